The zero-order valence-corrected chi connectivity index (χ0v) is 30.6. The predicted octanol–water partition coefficient (Wildman–Crippen LogP) is 3.89. The van der Waals surface area contributed by atoms with Gasteiger partial charge in [0.1, 0.15) is 6.04 Å². The third-order valence-corrected chi connectivity index (χ3v) is 8.27. The van der Waals surface area contributed by atoms with E-state index in [1.165, 1.54) is 10.3 Å². The van der Waals surface area contributed by atoms with Crippen molar-refractivity contribution in [1.29, 1.82) is 0 Å². The van der Waals surface area contributed by atoms with Gasteiger partial charge in [-0.05, 0) is 68.2 Å². The zero-order chi connectivity index (χ0) is 36.4. The number of carbonyl (C=O) groups excluding carboxylic acids is 5. The first kappa shape index (κ1) is 45.5. The summed E-state index contributed by atoms with van der Waals surface area (Å²) in [6, 6.07) is 6.16. The summed E-state index contributed by atoms with van der Waals surface area (Å²) >= 11 is 1.71. The number of unbranched alkanes of at least 4 members (excludes halogenated alkanes) is 2. The quantitative estimate of drug-likeness (QED) is 0.107. The molecular formula is C34H61N7O5S. The van der Waals surface area contributed by atoms with Crippen molar-refractivity contribution in [3.63, 3.8) is 0 Å². The molecule has 3 atom stereocenters. The van der Waals surface area contributed by atoms with Gasteiger partial charge in [-0.3, -0.25) is 24.0 Å². The van der Waals surface area contributed by atoms with Crippen molar-refractivity contribution in [3.05, 3.63) is 28.8 Å². The van der Waals surface area contributed by atoms with E-state index in [1.807, 2.05) is 13.8 Å². The highest BCUT2D eigenvalue weighted by Crippen LogP contribution is 2.27. The number of benzene rings is 1. The van der Waals surface area contributed by atoms with Crippen molar-refractivity contribution in [2.45, 2.75) is 118 Å². The number of amides is 5. The fourth-order valence-corrected chi connectivity index (χ4v) is 5.10. The molecule has 1 aromatic carbocycles. The maximum Gasteiger partial charge on any atom is 0.240 e. The predicted molar refractivity (Wildman–Crippen MR) is 193 cm³/mol. The molecule has 0 bridgehead atoms. The monoisotopic (exact) mass is 679 g/mol. The van der Waals surface area contributed by atoms with Gasteiger partial charge in [-0.15, -0.1) is 11.3 Å². The van der Waals surface area contributed by atoms with Gasteiger partial charge in [-0.2, -0.15) is 0 Å². The van der Waals surface area contributed by atoms with Crippen LogP contribution >= 0.6 is 11.3 Å². The van der Waals surface area contributed by atoms with Crippen molar-refractivity contribution in [2.75, 3.05) is 13.6 Å². The molecule has 13 heteroatoms. The molecule has 0 fully saturated rings. The first-order valence-corrected chi connectivity index (χ1v) is 17.3. The minimum absolute atomic E-state index is 0.105. The summed E-state index contributed by atoms with van der Waals surface area (Å²) in [6.45, 7) is 15.4. The summed E-state index contributed by atoms with van der Waals surface area (Å²) in [7, 11) is 1.56. The van der Waals surface area contributed by atoms with Crippen LogP contribution in [0.3, 0.4) is 0 Å². The second-order valence-electron chi connectivity index (χ2n) is 12.0. The molecule has 9 N–H and O–H groups in total. The van der Waals surface area contributed by atoms with Crippen molar-refractivity contribution in [3.8, 4) is 0 Å². The third kappa shape index (κ3) is 22.6. The van der Waals surface area contributed by atoms with Crippen LogP contribution in [0.4, 0.5) is 0 Å². The normalized spacial score (nSPS) is 12.1. The molecule has 2 rings (SSSR count). The van der Waals surface area contributed by atoms with Crippen LogP contribution in [0.25, 0.3) is 10.2 Å². The largest absolute Gasteiger partial charge is 0.372 e. The number of aryl methyl sites for hydroxylation is 1. The fraction of sp³-hybridized carbons (Fsp3) is 0.647. The summed E-state index contributed by atoms with van der Waals surface area (Å²) in [5.74, 6) is 0.916. The van der Waals surface area contributed by atoms with E-state index < -0.39 is 11.9 Å². The van der Waals surface area contributed by atoms with Crippen LogP contribution in [0, 0.1) is 11.8 Å². The number of aromatic nitrogens is 1. The lowest BCUT2D eigenvalue weighted by atomic mass is 10.0. The molecular weight excluding hydrogens is 618 g/mol. The van der Waals surface area contributed by atoms with Gasteiger partial charge in [-0.25, -0.2) is 4.98 Å². The van der Waals surface area contributed by atoms with Crippen LogP contribution in [0.15, 0.2) is 18.2 Å². The summed E-state index contributed by atoms with van der Waals surface area (Å²) in [5, 5.41) is 9.07. The van der Waals surface area contributed by atoms with E-state index >= 15 is 0 Å². The highest BCUT2D eigenvalue weighted by molar-refractivity contribution is 7.18. The number of carbonyl (C=O) groups is 5. The Balaban J connectivity index is 0. The second kappa shape index (κ2) is 27.5. The number of nitrogens with zero attached hydrogens (tertiary/aromatic N) is 1. The van der Waals surface area contributed by atoms with E-state index in [1.54, 1.807) is 18.4 Å². The molecule has 2 aromatic rings. The Hall–Kier alpha value is -3.58. The number of hydrogen-bond donors (Lipinski definition) is 6. The molecule has 0 spiro atoms. The Morgan fingerprint density at radius 3 is 2.04 bits per heavy atom. The summed E-state index contributed by atoms with van der Waals surface area (Å²) in [6.07, 6.45) is 6.88. The molecule has 1 heterocycles. The minimum Gasteiger partial charge on any atom is -0.372 e. The van der Waals surface area contributed by atoms with Crippen LogP contribution in [-0.2, 0) is 30.4 Å². The Morgan fingerprint density at radius 1 is 0.957 bits per heavy atom. The van der Waals surface area contributed by atoms with Crippen LogP contribution < -0.4 is 33.2 Å². The molecule has 1 aromatic heterocycles. The molecule has 47 heavy (non-hydrogen) atoms. The lowest BCUT2D eigenvalue weighted by molar-refractivity contribution is -0.127. The standard InChI is InChI=1S/C19H28N2OS.C12H25N3O2.C2H5NO.CH3NO/c1-6-13(4)14(5)20-18(22)9-10-19-21-16-8-7-15(12(2)3)11-17(16)23-19;1-9(2)8-10(12(14)17)15-11(16)6-4-3-5-7-13;1-3-2-4;2-1-3/h7-8,11-14H,6,9-10H2,1-5H3,(H,20,22);9-10H,3-8,13H2,1-2H3,(H2,14,17)(H,15,16);2H,1H3,(H,3,4);1H,(H2,2,3). The van der Waals surface area contributed by atoms with Crippen molar-refractivity contribution < 1.29 is 24.0 Å². The maximum atomic E-state index is 12.1. The Morgan fingerprint density at radius 2 is 1.55 bits per heavy atom. The molecule has 5 amide bonds. The number of nitrogens with one attached hydrogen (secondary N) is 3. The Bertz CT molecular complexity index is 1170. The molecule has 0 radical (unpaired) electrons. The number of hydrogen-bond acceptors (Lipinski definition) is 8. The van der Waals surface area contributed by atoms with Gasteiger partial charge < -0.3 is 33.2 Å². The molecule has 0 saturated carbocycles. The second-order valence-corrected chi connectivity index (χ2v) is 13.1. The molecule has 0 aliphatic rings. The van der Waals surface area contributed by atoms with E-state index in [0.29, 0.717) is 50.0 Å². The van der Waals surface area contributed by atoms with Crippen molar-refractivity contribution in [1.82, 2.24) is 20.9 Å². The van der Waals surface area contributed by atoms with Crippen LogP contribution in [-0.4, -0.2) is 61.2 Å². The average Bonchev–Trinajstić information content (AvgIpc) is 3.44. The molecule has 0 aliphatic carbocycles. The average molecular weight is 680 g/mol. The molecule has 12 nitrogen and oxygen atoms in total. The van der Waals surface area contributed by atoms with Gasteiger partial charge >= 0.3 is 0 Å². The fourth-order valence-electron chi connectivity index (χ4n) is 4.09. The maximum absolute atomic E-state index is 12.1. The topological polar surface area (TPSA) is 212 Å². The number of rotatable bonds is 17. The van der Waals surface area contributed by atoms with Gasteiger partial charge in [-0.1, -0.05) is 60.5 Å². The molecule has 268 valence electrons. The van der Waals surface area contributed by atoms with E-state index in [2.05, 4.69) is 79.5 Å². The first-order chi connectivity index (χ1) is 22.2. The van der Waals surface area contributed by atoms with Crippen molar-refractivity contribution >= 4 is 52.1 Å². The smallest absolute Gasteiger partial charge is 0.240 e. The van der Waals surface area contributed by atoms with E-state index in [0.717, 1.165) is 42.6 Å². The minimum atomic E-state index is -0.544. The highest BCUT2D eigenvalue weighted by atomic mass is 32.1. The lowest BCUT2D eigenvalue weighted by Gasteiger charge is -2.19. The van der Waals surface area contributed by atoms with E-state index in [9.17, 15) is 14.4 Å². The van der Waals surface area contributed by atoms with Gasteiger partial charge in [0, 0.05) is 32.4 Å². The summed E-state index contributed by atoms with van der Waals surface area (Å²) < 4.78 is 1.22. The van der Waals surface area contributed by atoms with Gasteiger partial charge in [0.25, 0.3) is 0 Å². The third-order valence-electron chi connectivity index (χ3n) is 7.19. The van der Waals surface area contributed by atoms with Crippen LogP contribution in [0.1, 0.15) is 110 Å². The van der Waals surface area contributed by atoms with Gasteiger partial charge in [0.15, 0.2) is 0 Å². The molecule has 3 unspecified atom stereocenters. The number of fused-ring (bicyclic) bond motifs is 1. The number of primary amides is 2. The number of thiazole rings is 1. The van der Waals surface area contributed by atoms with Crippen LogP contribution in [0.2, 0.25) is 0 Å². The zero-order valence-electron chi connectivity index (χ0n) is 29.8. The summed E-state index contributed by atoms with van der Waals surface area (Å²) in [5.41, 5.74) is 17.1. The summed E-state index contributed by atoms with van der Waals surface area (Å²) in [4.78, 5) is 57.1. The molecule has 0 saturated heterocycles. The first-order valence-electron chi connectivity index (χ1n) is 16.4. The highest BCUT2D eigenvalue weighted by Gasteiger charge is 2.19. The van der Waals surface area contributed by atoms with Crippen molar-refractivity contribution in [2.24, 2.45) is 29.0 Å². The van der Waals surface area contributed by atoms with E-state index in [4.69, 9.17) is 21.1 Å². The lowest BCUT2D eigenvalue weighted by Crippen LogP contribution is -2.45. The molecule has 0 aliphatic heterocycles. The SMILES string of the molecule is CC(C)CC(NC(=O)CCCCCN)C(N)=O.CCC(C)C(C)NC(=O)CCc1nc2ccc(C(C)C)cc2s1.CNC=O.NC=O. The van der Waals surface area contributed by atoms with Gasteiger partial charge in [0.2, 0.25) is 30.5 Å². The van der Waals surface area contributed by atoms with Gasteiger partial charge in [0.05, 0.1) is 15.2 Å². The Labute approximate surface area is 285 Å². The van der Waals surface area contributed by atoms with Crippen LogP contribution in [0.5, 0.6) is 0 Å². The Kier molecular flexibility index (Phi) is 26.7. The number of nitrogens with two attached hydrogens (primary N) is 3. The van der Waals surface area contributed by atoms with E-state index in [-0.39, 0.29) is 24.3 Å².